The van der Waals surface area contributed by atoms with E-state index < -0.39 is 0 Å². The minimum Gasteiger partial charge on any atom is -0.250 e. The zero-order chi connectivity index (χ0) is 10.2. The molecule has 1 rings (SSSR count). The molecule has 0 unspecified atom stereocenters. The van der Waals surface area contributed by atoms with Gasteiger partial charge in [-0.15, -0.1) is 0 Å². The van der Waals surface area contributed by atoms with E-state index in [1.807, 2.05) is 4.68 Å². The van der Waals surface area contributed by atoms with Crippen molar-refractivity contribution in [2.75, 3.05) is 5.33 Å². The molecule has 0 amide bonds. The summed E-state index contributed by atoms with van der Waals surface area (Å²) in [7, 11) is 0. The number of nitrogens with zero attached hydrogens (tertiary/aromatic N) is 3. The number of hydrogen-bond donors (Lipinski definition) is 0. The molecule has 0 aliphatic rings. The zero-order valence-electron chi connectivity index (χ0n) is 8.49. The van der Waals surface area contributed by atoms with Gasteiger partial charge >= 0.3 is 0 Å². The normalized spacial score (nSPS) is 11.3. The van der Waals surface area contributed by atoms with Crippen LogP contribution in [0.1, 0.15) is 25.6 Å². The number of aromatic nitrogens is 3. The molecule has 0 saturated heterocycles. The van der Waals surface area contributed by atoms with Crippen LogP contribution in [0.5, 0.6) is 0 Å². The number of aryl methyl sites for hydroxylation is 1. The summed E-state index contributed by atoms with van der Waals surface area (Å²) in [5.41, 5.74) is 0. The van der Waals surface area contributed by atoms with Gasteiger partial charge in [0.15, 0.2) is 0 Å². The lowest BCUT2D eigenvalue weighted by atomic mass is 10.3. The molecule has 1 aromatic heterocycles. The molecule has 1 heterocycles. The highest BCUT2D eigenvalue weighted by atomic mass is 79.9. The lowest BCUT2D eigenvalue weighted by molar-refractivity contribution is 0.577. The molecule has 0 aromatic carbocycles. The van der Waals surface area contributed by atoms with Crippen molar-refractivity contribution in [3.8, 4) is 0 Å². The predicted molar refractivity (Wildman–Crippen MR) is 61.6 cm³/mol. The molecular weight excluding hydrogens is 242 g/mol. The van der Waals surface area contributed by atoms with E-state index >= 15 is 0 Å². The van der Waals surface area contributed by atoms with Crippen molar-refractivity contribution in [3.63, 3.8) is 0 Å². The molecule has 78 valence electrons. The van der Waals surface area contributed by atoms with Crippen molar-refractivity contribution in [3.05, 3.63) is 24.3 Å². The van der Waals surface area contributed by atoms with Crippen molar-refractivity contribution >= 4 is 15.9 Å². The second-order valence-corrected chi connectivity index (χ2v) is 3.85. The number of hydrogen-bond acceptors (Lipinski definition) is 2. The van der Waals surface area contributed by atoms with Gasteiger partial charge in [0.25, 0.3) is 0 Å². The van der Waals surface area contributed by atoms with Crippen molar-refractivity contribution in [1.82, 2.24) is 14.8 Å². The first kappa shape index (κ1) is 11.4. The smallest absolute Gasteiger partial charge is 0.138 e. The van der Waals surface area contributed by atoms with Crippen LogP contribution in [0.3, 0.4) is 0 Å². The van der Waals surface area contributed by atoms with Crippen molar-refractivity contribution in [2.45, 2.75) is 32.7 Å². The second kappa shape index (κ2) is 6.76. The monoisotopic (exact) mass is 257 g/mol. The molecule has 1 aromatic rings. The molecule has 0 spiro atoms. The highest BCUT2D eigenvalue weighted by molar-refractivity contribution is 9.09. The summed E-state index contributed by atoms with van der Waals surface area (Å²) in [4.78, 5) is 4.22. The Bertz CT molecular complexity index is 281. The van der Waals surface area contributed by atoms with Crippen LogP contribution in [-0.2, 0) is 13.0 Å². The SMILES string of the molecule is CCCn1ncnc1CC=CCCBr. The van der Waals surface area contributed by atoms with E-state index in [1.54, 1.807) is 6.33 Å². The van der Waals surface area contributed by atoms with E-state index in [1.165, 1.54) is 0 Å². The summed E-state index contributed by atoms with van der Waals surface area (Å²) in [6.45, 7) is 3.10. The summed E-state index contributed by atoms with van der Waals surface area (Å²) in [6, 6.07) is 0. The van der Waals surface area contributed by atoms with Crippen LogP contribution in [0.15, 0.2) is 18.5 Å². The third kappa shape index (κ3) is 3.62. The maximum Gasteiger partial charge on any atom is 0.138 e. The highest BCUT2D eigenvalue weighted by Crippen LogP contribution is 1.99. The molecule has 0 N–H and O–H groups in total. The Balaban J connectivity index is 2.45. The Morgan fingerprint density at radius 1 is 1.50 bits per heavy atom. The average molecular weight is 258 g/mol. The van der Waals surface area contributed by atoms with Crippen molar-refractivity contribution in [1.29, 1.82) is 0 Å². The van der Waals surface area contributed by atoms with Gasteiger partial charge in [-0.1, -0.05) is 35.0 Å². The number of halogens is 1. The molecule has 0 aliphatic heterocycles. The number of alkyl halides is 1. The molecule has 0 bridgehead atoms. The van der Waals surface area contributed by atoms with Crippen LogP contribution in [0.4, 0.5) is 0 Å². The van der Waals surface area contributed by atoms with Crippen LogP contribution in [0.2, 0.25) is 0 Å². The van der Waals surface area contributed by atoms with Crippen LogP contribution >= 0.6 is 15.9 Å². The Morgan fingerprint density at radius 2 is 2.36 bits per heavy atom. The first-order valence-corrected chi connectivity index (χ1v) is 6.08. The molecule has 0 atom stereocenters. The minimum atomic E-state index is 0.882. The molecular formula is C10H16BrN3. The van der Waals surface area contributed by atoms with E-state index in [2.05, 4.69) is 45.1 Å². The zero-order valence-corrected chi connectivity index (χ0v) is 10.1. The van der Waals surface area contributed by atoms with Gasteiger partial charge in [-0.05, 0) is 12.8 Å². The summed E-state index contributed by atoms with van der Waals surface area (Å²) in [6.07, 6.45) is 9.00. The molecule has 14 heavy (non-hydrogen) atoms. The van der Waals surface area contributed by atoms with Gasteiger partial charge < -0.3 is 0 Å². The van der Waals surface area contributed by atoms with Gasteiger partial charge in [-0.25, -0.2) is 9.67 Å². The Hall–Kier alpha value is -0.640. The lowest BCUT2D eigenvalue weighted by Crippen LogP contribution is -2.04. The van der Waals surface area contributed by atoms with Gasteiger partial charge in [-0.3, -0.25) is 0 Å². The van der Waals surface area contributed by atoms with E-state index in [4.69, 9.17) is 0 Å². The first-order chi connectivity index (χ1) is 6.88. The van der Waals surface area contributed by atoms with Crippen LogP contribution in [-0.4, -0.2) is 20.1 Å². The molecule has 0 radical (unpaired) electrons. The Kier molecular flexibility index (Phi) is 5.52. The van der Waals surface area contributed by atoms with Crippen LogP contribution < -0.4 is 0 Å². The largest absolute Gasteiger partial charge is 0.250 e. The van der Waals surface area contributed by atoms with Gasteiger partial charge in [0.1, 0.15) is 12.2 Å². The maximum absolute atomic E-state index is 4.22. The Labute approximate surface area is 93.4 Å². The van der Waals surface area contributed by atoms with Crippen molar-refractivity contribution < 1.29 is 0 Å². The fourth-order valence-electron chi connectivity index (χ4n) is 1.21. The standard InChI is InChI=1S/C10H16BrN3/c1-2-8-14-10(12-9-13-14)6-4-3-5-7-11/h3-4,9H,2,5-8H2,1H3. The second-order valence-electron chi connectivity index (χ2n) is 3.05. The lowest BCUT2D eigenvalue weighted by Gasteiger charge is -2.00. The van der Waals surface area contributed by atoms with Gasteiger partial charge in [0.2, 0.25) is 0 Å². The van der Waals surface area contributed by atoms with Crippen molar-refractivity contribution in [2.24, 2.45) is 0 Å². The highest BCUT2D eigenvalue weighted by Gasteiger charge is 1.99. The fourth-order valence-corrected chi connectivity index (χ4v) is 1.48. The third-order valence-electron chi connectivity index (χ3n) is 1.87. The van der Waals surface area contributed by atoms with Crippen LogP contribution in [0.25, 0.3) is 0 Å². The van der Waals surface area contributed by atoms with Crippen LogP contribution in [0, 0.1) is 0 Å². The summed E-state index contributed by atoms with van der Waals surface area (Å²) < 4.78 is 1.97. The van der Waals surface area contributed by atoms with E-state index in [0.29, 0.717) is 0 Å². The van der Waals surface area contributed by atoms with Gasteiger partial charge in [0.05, 0.1) is 0 Å². The molecule has 0 fully saturated rings. The topological polar surface area (TPSA) is 30.7 Å². The van der Waals surface area contributed by atoms with E-state index in [9.17, 15) is 0 Å². The molecule has 0 saturated carbocycles. The van der Waals surface area contributed by atoms with E-state index in [0.717, 1.165) is 37.0 Å². The molecule has 3 nitrogen and oxygen atoms in total. The summed E-state index contributed by atoms with van der Waals surface area (Å²) >= 11 is 3.38. The quantitative estimate of drug-likeness (QED) is 0.580. The summed E-state index contributed by atoms with van der Waals surface area (Å²) in [5.74, 6) is 1.05. The van der Waals surface area contributed by atoms with E-state index in [-0.39, 0.29) is 0 Å². The summed E-state index contributed by atoms with van der Waals surface area (Å²) in [5, 5.41) is 5.19. The van der Waals surface area contributed by atoms with Gasteiger partial charge in [-0.2, -0.15) is 5.10 Å². The Morgan fingerprint density at radius 3 is 3.07 bits per heavy atom. The first-order valence-electron chi connectivity index (χ1n) is 4.96. The molecule has 4 heteroatoms. The van der Waals surface area contributed by atoms with Gasteiger partial charge in [0, 0.05) is 18.3 Å². The number of rotatable bonds is 6. The molecule has 0 aliphatic carbocycles. The number of allylic oxidation sites excluding steroid dienone is 2. The predicted octanol–water partition coefficient (Wildman–Crippen LogP) is 2.57. The minimum absolute atomic E-state index is 0.882. The maximum atomic E-state index is 4.22. The fraction of sp³-hybridized carbons (Fsp3) is 0.600. The third-order valence-corrected chi connectivity index (χ3v) is 2.33. The average Bonchev–Trinajstić information content (AvgIpc) is 2.61.